The van der Waals surface area contributed by atoms with Gasteiger partial charge in [-0.15, -0.1) is 0 Å². The van der Waals surface area contributed by atoms with E-state index in [2.05, 4.69) is 55.4 Å². The molecule has 0 radical (unpaired) electrons. The van der Waals surface area contributed by atoms with Crippen LogP contribution < -0.4 is 0 Å². The first-order chi connectivity index (χ1) is 7.96. The van der Waals surface area contributed by atoms with Gasteiger partial charge in [-0.3, -0.25) is 4.79 Å². The molecule has 0 bridgehead atoms. The van der Waals surface area contributed by atoms with E-state index in [0.717, 1.165) is 11.1 Å². The first-order valence-corrected chi connectivity index (χ1v) is 6.61. The lowest BCUT2D eigenvalue weighted by molar-refractivity contribution is -0.111. The molecule has 0 aromatic rings. The number of carbonyl (C=O) groups excluding carboxylic acids is 1. The van der Waals surface area contributed by atoms with Crippen molar-refractivity contribution in [3.8, 4) is 0 Å². The smallest absolute Gasteiger partial charge is 0.192 e. The number of hydrogen-bond acceptors (Lipinski definition) is 1. The van der Waals surface area contributed by atoms with Gasteiger partial charge in [0.2, 0.25) is 0 Å². The summed E-state index contributed by atoms with van der Waals surface area (Å²) in [5.41, 5.74) is 4.17. The molecule has 0 heterocycles. The standard InChI is InChI=1S/C17H26O/c1-11(16(3,4)5)13-9-10-14(15(13)18)12(2)17(6,7)8/h9-10H,1-8H3. The Balaban J connectivity index is 3.29. The fourth-order valence-electron chi connectivity index (χ4n) is 1.86. The summed E-state index contributed by atoms with van der Waals surface area (Å²) in [5.74, 6) is 0.190. The van der Waals surface area contributed by atoms with Gasteiger partial charge in [0.15, 0.2) is 5.78 Å². The molecule has 0 aromatic carbocycles. The average molecular weight is 246 g/mol. The van der Waals surface area contributed by atoms with E-state index in [9.17, 15) is 4.79 Å². The van der Waals surface area contributed by atoms with E-state index in [0.29, 0.717) is 0 Å². The van der Waals surface area contributed by atoms with E-state index < -0.39 is 0 Å². The van der Waals surface area contributed by atoms with Crippen LogP contribution in [0.2, 0.25) is 0 Å². The summed E-state index contributed by atoms with van der Waals surface area (Å²) >= 11 is 0. The predicted molar refractivity (Wildman–Crippen MR) is 78.5 cm³/mol. The molecule has 1 heteroatoms. The van der Waals surface area contributed by atoms with Crippen LogP contribution in [-0.2, 0) is 4.79 Å². The molecule has 0 spiro atoms. The molecule has 1 nitrogen and oxygen atoms in total. The predicted octanol–water partition coefficient (Wildman–Crippen LogP) is 4.85. The highest BCUT2D eigenvalue weighted by Crippen LogP contribution is 2.36. The Morgan fingerprint density at radius 3 is 1.28 bits per heavy atom. The molecule has 0 aromatic heterocycles. The first-order valence-electron chi connectivity index (χ1n) is 6.61. The Kier molecular flexibility index (Phi) is 3.76. The molecule has 0 aliphatic heterocycles. The van der Waals surface area contributed by atoms with Crippen molar-refractivity contribution in [2.24, 2.45) is 10.8 Å². The second-order valence-electron chi connectivity index (χ2n) is 7.24. The van der Waals surface area contributed by atoms with Crippen LogP contribution in [0.5, 0.6) is 0 Å². The molecule has 0 saturated heterocycles. The lowest BCUT2D eigenvalue weighted by Crippen LogP contribution is -2.15. The minimum atomic E-state index is 0.0421. The summed E-state index contributed by atoms with van der Waals surface area (Å²) in [6.45, 7) is 17.0. The first kappa shape index (κ1) is 14.9. The molecule has 0 saturated carbocycles. The summed E-state index contributed by atoms with van der Waals surface area (Å²) in [7, 11) is 0. The largest absolute Gasteiger partial charge is 0.289 e. The van der Waals surface area contributed by atoms with E-state index in [1.165, 1.54) is 11.1 Å². The zero-order chi connectivity index (χ0) is 14.3. The van der Waals surface area contributed by atoms with Gasteiger partial charge in [0.1, 0.15) is 0 Å². The van der Waals surface area contributed by atoms with Crippen molar-refractivity contribution in [2.45, 2.75) is 55.4 Å². The summed E-state index contributed by atoms with van der Waals surface area (Å²) in [6, 6.07) is 0. The maximum Gasteiger partial charge on any atom is 0.192 e. The zero-order valence-electron chi connectivity index (χ0n) is 13.1. The summed E-state index contributed by atoms with van der Waals surface area (Å²) in [5, 5.41) is 0. The number of hydrogen-bond donors (Lipinski definition) is 0. The van der Waals surface area contributed by atoms with Crippen molar-refractivity contribution >= 4 is 5.78 Å². The Bertz CT molecular complexity index is 415. The summed E-state index contributed by atoms with van der Waals surface area (Å²) < 4.78 is 0. The third kappa shape index (κ3) is 2.82. The second kappa shape index (κ2) is 4.53. The lowest BCUT2D eigenvalue weighted by Gasteiger charge is -2.23. The van der Waals surface area contributed by atoms with Crippen LogP contribution in [0.1, 0.15) is 55.4 Å². The molecule has 0 unspecified atom stereocenters. The van der Waals surface area contributed by atoms with Crippen LogP contribution in [0.25, 0.3) is 0 Å². The molecular weight excluding hydrogens is 220 g/mol. The van der Waals surface area contributed by atoms with Gasteiger partial charge in [0.05, 0.1) is 0 Å². The number of allylic oxidation sites excluding steroid dienone is 6. The van der Waals surface area contributed by atoms with E-state index in [-0.39, 0.29) is 16.6 Å². The van der Waals surface area contributed by atoms with Gasteiger partial charge < -0.3 is 0 Å². The third-order valence-corrected chi connectivity index (χ3v) is 3.96. The molecule has 0 amide bonds. The molecule has 100 valence electrons. The molecule has 0 atom stereocenters. The molecule has 18 heavy (non-hydrogen) atoms. The van der Waals surface area contributed by atoms with Gasteiger partial charge in [0, 0.05) is 11.1 Å². The van der Waals surface area contributed by atoms with Crippen molar-refractivity contribution in [1.82, 2.24) is 0 Å². The van der Waals surface area contributed by atoms with Gasteiger partial charge in [0.25, 0.3) is 0 Å². The van der Waals surface area contributed by atoms with Gasteiger partial charge in [-0.1, -0.05) is 64.8 Å². The Labute approximate surface area is 112 Å². The molecule has 0 fully saturated rings. The highest BCUT2D eigenvalue weighted by atomic mass is 16.1. The van der Waals surface area contributed by atoms with Crippen LogP contribution >= 0.6 is 0 Å². The number of rotatable bonds is 0. The van der Waals surface area contributed by atoms with Gasteiger partial charge >= 0.3 is 0 Å². The van der Waals surface area contributed by atoms with Crippen molar-refractivity contribution in [1.29, 1.82) is 0 Å². The van der Waals surface area contributed by atoms with E-state index >= 15 is 0 Å². The van der Waals surface area contributed by atoms with E-state index in [4.69, 9.17) is 0 Å². The molecule has 1 aliphatic rings. The average Bonchev–Trinajstić information content (AvgIpc) is 2.55. The molecule has 1 rings (SSSR count). The summed E-state index contributed by atoms with van der Waals surface area (Å²) in [6.07, 6.45) is 3.96. The summed E-state index contributed by atoms with van der Waals surface area (Å²) in [4.78, 5) is 12.5. The maximum absolute atomic E-state index is 12.5. The molecule has 1 aliphatic carbocycles. The van der Waals surface area contributed by atoms with E-state index in [1.807, 2.05) is 12.2 Å². The molecule has 0 N–H and O–H groups in total. The van der Waals surface area contributed by atoms with Crippen LogP contribution in [0, 0.1) is 10.8 Å². The van der Waals surface area contributed by atoms with Gasteiger partial charge in [-0.05, 0) is 24.7 Å². The van der Waals surface area contributed by atoms with Gasteiger partial charge in [-0.2, -0.15) is 0 Å². The van der Waals surface area contributed by atoms with E-state index in [1.54, 1.807) is 0 Å². The fourth-order valence-corrected chi connectivity index (χ4v) is 1.86. The number of Topliss-reactive ketones (excluding diaryl/α,β-unsaturated/α-hetero) is 1. The quantitative estimate of drug-likeness (QED) is 0.558. The molecular formula is C17H26O. The Hall–Kier alpha value is -1.11. The maximum atomic E-state index is 12.5. The van der Waals surface area contributed by atoms with Crippen molar-refractivity contribution in [3.05, 3.63) is 34.4 Å². The minimum Gasteiger partial charge on any atom is -0.289 e. The highest BCUT2D eigenvalue weighted by Gasteiger charge is 2.28. The zero-order valence-corrected chi connectivity index (χ0v) is 13.1. The van der Waals surface area contributed by atoms with Crippen molar-refractivity contribution < 1.29 is 4.79 Å². The fraction of sp³-hybridized carbons (Fsp3) is 0.588. The van der Waals surface area contributed by atoms with Crippen LogP contribution in [0.4, 0.5) is 0 Å². The Morgan fingerprint density at radius 2 is 1.06 bits per heavy atom. The topological polar surface area (TPSA) is 17.1 Å². The minimum absolute atomic E-state index is 0.0421. The number of carbonyl (C=O) groups is 1. The van der Waals surface area contributed by atoms with Crippen molar-refractivity contribution in [2.75, 3.05) is 0 Å². The number of ketones is 1. The third-order valence-electron chi connectivity index (χ3n) is 3.96. The monoisotopic (exact) mass is 246 g/mol. The lowest BCUT2D eigenvalue weighted by atomic mass is 9.81. The highest BCUT2D eigenvalue weighted by molar-refractivity contribution is 6.16. The normalized spacial score (nSPS) is 22.6. The SMILES string of the molecule is CC(=C1C=CC(=C(C)C(C)(C)C)C1=O)C(C)(C)C. The second-order valence-corrected chi connectivity index (χ2v) is 7.24. The van der Waals surface area contributed by atoms with Crippen LogP contribution in [0.3, 0.4) is 0 Å². The van der Waals surface area contributed by atoms with Crippen molar-refractivity contribution in [3.63, 3.8) is 0 Å². The van der Waals surface area contributed by atoms with Crippen LogP contribution in [-0.4, -0.2) is 5.78 Å². The van der Waals surface area contributed by atoms with Gasteiger partial charge in [-0.25, -0.2) is 0 Å². The Morgan fingerprint density at radius 1 is 0.778 bits per heavy atom. The van der Waals surface area contributed by atoms with Crippen LogP contribution in [0.15, 0.2) is 34.4 Å².